The summed E-state index contributed by atoms with van der Waals surface area (Å²) in [6, 6.07) is 9.80. The fraction of sp³-hybridized carbons (Fsp3) is 0.559. The molecule has 4 aliphatic rings. The lowest BCUT2D eigenvalue weighted by Crippen LogP contribution is -2.69. The van der Waals surface area contributed by atoms with E-state index >= 15 is 0 Å². The number of hydrogen-bond donors (Lipinski definition) is 2. The minimum absolute atomic E-state index is 0.179. The lowest BCUT2D eigenvalue weighted by atomic mass is 9.60. The summed E-state index contributed by atoms with van der Waals surface area (Å²) in [7, 11) is 1.85. The number of rotatable bonds is 6. The number of benzene rings is 1. The summed E-state index contributed by atoms with van der Waals surface area (Å²) in [5.41, 5.74) is 3.19. The minimum Gasteiger partial charge on any atom is -0.507 e. The van der Waals surface area contributed by atoms with Crippen LogP contribution < -0.4 is 20.0 Å². The third-order valence-corrected chi connectivity index (χ3v) is 9.96. The number of nitrogens with zero attached hydrogens (tertiary/aromatic N) is 9. The number of likely N-dealkylation sites (tertiary alicyclic amines) is 1. The van der Waals surface area contributed by atoms with Gasteiger partial charge in [0, 0.05) is 89.5 Å². The highest BCUT2D eigenvalue weighted by molar-refractivity contribution is 5.75. The molecule has 13 nitrogen and oxygen atoms in total. The molecule has 3 aromatic rings. The van der Waals surface area contributed by atoms with E-state index < -0.39 is 5.60 Å². The number of aromatic hydroxyl groups is 1. The van der Waals surface area contributed by atoms with Gasteiger partial charge in [-0.25, -0.2) is 14.8 Å². The highest BCUT2D eigenvalue weighted by Gasteiger charge is 2.55. The zero-order valence-corrected chi connectivity index (χ0v) is 27.9. The Balaban J connectivity index is 0.881. The zero-order chi connectivity index (χ0) is 32.8. The van der Waals surface area contributed by atoms with E-state index in [9.17, 15) is 9.90 Å². The van der Waals surface area contributed by atoms with Crippen molar-refractivity contribution in [3.63, 3.8) is 0 Å². The molecule has 1 aromatic carbocycles. The Labute approximate surface area is 276 Å². The smallest absolute Gasteiger partial charge is 0.410 e. The van der Waals surface area contributed by atoms with Gasteiger partial charge in [-0.1, -0.05) is 12.1 Å². The first kappa shape index (κ1) is 31.2. The quantitative estimate of drug-likeness (QED) is 0.409. The zero-order valence-electron chi connectivity index (χ0n) is 27.9. The van der Waals surface area contributed by atoms with Gasteiger partial charge in [0.2, 0.25) is 5.95 Å². The monoisotopic (exact) mass is 642 g/mol. The molecule has 1 aliphatic carbocycles. The maximum atomic E-state index is 12.3. The molecule has 2 N–H and O–H groups in total. The van der Waals surface area contributed by atoms with Crippen LogP contribution in [0, 0.1) is 5.41 Å². The van der Waals surface area contributed by atoms with Crippen molar-refractivity contribution in [3.05, 3.63) is 42.7 Å². The number of piperazine rings is 2. The molecule has 3 saturated heterocycles. The summed E-state index contributed by atoms with van der Waals surface area (Å²) in [6.45, 7) is 14.5. The van der Waals surface area contributed by atoms with Crippen LogP contribution in [0.15, 0.2) is 42.7 Å². The number of carbonyl (C=O) groups is 1. The number of aromatic nitrogens is 4. The first-order valence-corrected chi connectivity index (χ1v) is 16.7. The molecule has 13 heteroatoms. The fourth-order valence-electron chi connectivity index (χ4n) is 7.43. The van der Waals surface area contributed by atoms with Gasteiger partial charge >= 0.3 is 6.09 Å². The van der Waals surface area contributed by atoms with Gasteiger partial charge in [-0.05, 0) is 51.8 Å². The Bertz CT molecular complexity index is 1570. The molecule has 0 radical (unpaired) electrons. The van der Waals surface area contributed by atoms with Crippen LogP contribution in [0.2, 0.25) is 0 Å². The van der Waals surface area contributed by atoms with E-state index in [-0.39, 0.29) is 11.8 Å². The van der Waals surface area contributed by atoms with E-state index in [1.165, 1.54) is 12.8 Å². The highest BCUT2D eigenvalue weighted by atomic mass is 16.6. The Morgan fingerprint density at radius 2 is 1.55 bits per heavy atom. The summed E-state index contributed by atoms with van der Waals surface area (Å²) < 4.78 is 5.53. The number of amides is 1. The SMILES string of the molecule is CNc1nnc(-c2ccccc2O)cc1N1CCN(c2ncc(N3CCN(C4CC5(C4)CN(C(=O)OC(C)(C)C)C5)CC3)cn2)CC1. The van der Waals surface area contributed by atoms with Crippen LogP contribution in [0.5, 0.6) is 5.75 Å². The molecule has 1 amide bonds. The van der Waals surface area contributed by atoms with Crippen molar-refractivity contribution in [1.82, 2.24) is 30.0 Å². The molecule has 47 heavy (non-hydrogen) atoms. The lowest BCUT2D eigenvalue weighted by molar-refractivity contribution is -0.108. The van der Waals surface area contributed by atoms with Gasteiger partial charge < -0.3 is 34.8 Å². The third kappa shape index (κ3) is 6.45. The molecule has 0 bridgehead atoms. The van der Waals surface area contributed by atoms with Crippen molar-refractivity contribution >= 4 is 29.2 Å². The van der Waals surface area contributed by atoms with E-state index in [1.807, 2.05) is 63.3 Å². The Morgan fingerprint density at radius 1 is 0.915 bits per heavy atom. The second kappa shape index (κ2) is 12.3. The molecule has 0 unspecified atom stereocenters. The Morgan fingerprint density at radius 3 is 2.19 bits per heavy atom. The number of phenolic OH excluding ortho intramolecular Hbond substituents is 1. The molecule has 1 saturated carbocycles. The second-order valence-electron chi connectivity index (χ2n) is 14.4. The van der Waals surface area contributed by atoms with Crippen LogP contribution >= 0.6 is 0 Å². The Kier molecular flexibility index (Phi) is 8.19. The molecular formula is C34H46N10O3. The van der Waals surface area contributed by atoms with Crippen LogP contribution in [-0.2, 0) is 4.74 Å². The summed E-state index contributed by atoms with van der Waals surface area (Å²) in [5, 5.41) is 22.2. The van der Waals surface area contributed by atoms with Gasteiger partial charge in [0.25, 0.3) is 0 Å². The van der Waals surface area contributed by atoms with Gasteiger partial charge in [-0.3, -0.25) is 4.90 Å². The van der Waals surface area contributed by atoms with Gasteiger partial charge in [0.15, 0.2) is 5.82 Å². The predicted molar refractivity (Wildman–Crippen MR) is 182 cm³/mol. The van der Waals surface area contributed by atoms with Crippen LogP contribution in [0.4, 0.5) is 27.9 Å². The van der Waals surface area contributed by atoms with E-state index in [4.69, 9.17) is 14.7 Å². The van der Waals surface area contributed by atoms with E-state index in [1.54, 1.807) is 12.1 Å². The number of phenols is 1. The van der Waals surface area contributed by atoms with Gasteiger partial charge in [0.1, 0.15) is 11.4 Å². The molecule has 250 valence electrons. The van der Waals surface area contributed by atoms with Gasteiger partial charge in [-0.2, -0.15) is 0 Å². The lowest BCUT2D eigenvalue weighted by Gasteiger charge is -2.61. The Hall–Kier alpha value is -4.39. The summed E-state index contributed by atoms with van der Waals surface area (Å²) in [6.07, 6.45) is 6.09. The molecular weight excluding hydrogens is 596 g/mol. The van der Waals surface area contributed by atoms with E-state index in [0.717, 1.165) is 82.8 Å². The number of ether oxygens (including phenoxy) is 1. The van der Waals surface area contributed by atoms with Gasteiger partial charge in [0.05, 0.1) is 29.5 Å². The third-order valence-electron chi connectivity index (χ3n) is 9.96. The van der Waals surface area contributed by atoms with Crippen LogP contribution in [0.1, 0.15) is 33.6 Å². The molecule has 2 aromatic heterocycles. The first-order chi connectivity index (χ1) is 22.6. The topological polar surface area (TPSA) is 126 Å². The first-order valence-electron chi connectivity index (χ1n) is 16.7. The largest absolute Gasteiger partial charge is 0.507 e. The number of para-hydroxylation sites is 1. The summed E-state index contributed by atoms with van der Waals surface area (Å²) in [4.78, 5) is 33.3. The van der Waals surface area contributed by atoms with Crippen molar-refractivity contribution in [3.8, 4) is 17.0 Å². The standard InChI is InChI=1S/C34H46N10O3/c1-33(2,3)47-32(46)44-22-34(23-44)18-24(19-34)40-9-11-41(12-10-40)25-20-36-31(37-21-25)43-15-13-42(14-16-43)28-17-27(38-39-30(28)35-4)26-7-5-6-8-29(26)45/h5-8,17,20-21,24,45H,9-16,18-19,22-23H2,1-4H3,(H,35,39). The normalized spacial score (nSPS) is 20.2. The molecule has 5 heterocycles. The molecule has 1 spiro atoms. The van der Waals surface area contributed by atoms with Crippen molar-refractivity contribution in [2.75, 3.05) is 92.5 Å². The summed E-state index contributed by atoms with van der Waals surface area (Å²) >= 11 is 0. The molecule has 7 rings (SSSR count). The molecule has 3 aliphatic heterocycles. The van der Waals surface area contributed by atoms with Crippen molar-refractivity contribution in [2.24, 2.45) is 5.41 Å². The van der Waals surface area contributed by atoms with Crippen LogP contribution in [0.3, 0.4) is 0 Å². The number of nitrogens with one attached hydrogen (secondary N) is 1. The summed E-state index contributed by atoms with van der Waals surface area (Å²) in [5.74, 6) is 1.65. The average molecular weight is 643 g/mol. The second-order valence-corrected chi connectivity index (χ2v) is 14.4. The highest BCUT2D eigenvalue weighted by Crippen LogP contribution is 2.50. The van der Waals surface area contributed by atoms with E-state index in [0.29, 0.717) is 28.5 Å². The van der Waals surface area contributed by atoms with Crippen LogP contribution in [0.25, 0.3) is 11.3 Å². The van der Waals surface area contributed by atoms with Crippen molar-refractivity contribution in [1.29, 1.82) is 0 Å². The fourth-order valence-corrected chi connectivity index (χ4v) is 7.43. The van der Waals surface area contributed by atoms with Crippen molar-refractivity contribution < 1.29 is 14.6 Å². The maximum absolute atomic E-state index is 12.3. The van der Waals surface area contributed by atoms with Crippen molar-refractivity contribution in [2.45, 2.75) is 45.3 Å². The van der Waals surface area contributed by atoms with Gasteiger partial charge in [-0.15, -0.1) is 10.2 Å². The average Bonchev–Trinajstić information content (AvgIpc) is 3.03. The minimum atomic E-state index is -0.444. The number of hydrogen-bond acceptors (Lipinski definition) is 12. The van der Waals surface area contributed by atoms with Crippen LogP contribution in [-0.4, -0.2) is 125 Å². The molecule has 4 fully saturated rings. The maximum Gasteiger partial charge on any atom is 0.410 e. The number of carbonyl (C=O) groups excluding carboxylic acids is 1. The predicted octanol–water partition coefficient (Wildman–Crippen LogP) is 3.53. The molecule has 0 atom stereocenters. The van der Waals surface area contributed by atoms with E-state index in [2.05, 4.69) is 35.1 Å². The number of anilines is 4.